The van der Waals surface area contributed by atoms with Gasteiger partial charge in [-0.25, -0.2) is 4.98 Å². The molecule has 2 N–H and O–H groups in total. The number of carbonyl (C=O) groups is 2. The fraction of sp³-hybridized carbons (Fsp3) is 0.417. The van der Waals surface area contributed by atoms with Crippen LogP contribution in [0.25, 0.3) is 0 Å². The van der Waals surface area contributed by atoms with E-state index < -0.39 is 16.9 Å². The quantitative estimate of drug-likeness (QED) is 0.474. The Bertz CT molecular complexity index is 603. The number of hydrogen-bond donors (Lipinski definition) is 2. The first-order valence-electron chi connectivity index (χ1n) is 6.34. The number of nitro groups is 1. The lowest BCUT2D eigenvalue weighted by atomic mass is 10.0. The predicted octanol–water partition coefficient (Wildman–Crippen LogP) is 0.591. The number of aromatic nitrogens is 1. The summed E-state index contributed by atoms with van der Waals surface area (Å²) in [5, 5.41) is 16.6. The second-order valence-electron chi connectivity index (χ2n) is 4.60. The number of nitrogens with one attached hydrogen (secondary N) is 2. The van der Waals surface area contributed by atoms with Crippen LogP contribution in [0.5, 0.6) is 0 Å². The molecule has 1 aromatic heterocycles. The Morgan fingerprint density at radius 3 is 2.76 bits per heavy atom. The fourth-order valence-corrected chi connectivity index (χ4v) is 2.06. The van der Waals surface area contributed by atoms with Gasteiger partial charge in [0.15, 0.2) is 0 Å². The molecule has 112 valence electrons. The number of piperidine rings is 1. The number of rotatable bonds is 4. The van der Waals surface area contributed by atoms with Gasteiger partial charge >= 0.3 is 5.69 Å². The minimum absolute atomic E-state index is 0.00736. The Hall–Kier alpha value is -2.71. The van der Waals surface area contributed by atoms with E-state index in [0.29, 0.717) is 5.82 Å². The van der Waals surface area contributed by atoms with Crippen LogP contribution in [0, 0.1) is 10.1 Å². The number of imide groups is 1. The summed E-state index contributed by atoms with van der Waals surface area (Å²) in [4.78, 5) is 39.0. The zero-order valence-corrected chi connectivity index (χ0v) is 11.6. The second-order valence-corrected chi connectivity index (χ2v) is 4.60. The monoisotopic (exact) mass is 293 g/mol. The molecule has 0 aliphatic carbocycles. The molecule has 2 rings (SSSR count). The van der Waals surface area contributed by atoms with Crippen molar-refractivity contribution in [2.24, 2.45) is 0 Å². The molecule has 0 spiro atoms. The molecule has 0 saturated carbocycles. The van der Waals surface area contributed by atoms with E-state index in [1.54, 1.807) is 7.05 Å². The van der Waals surface area contributed by atoms with E-state index in [1.165, 1.54) is 19.2 Å². The maximum Gasteiger partial charge on any atom is 0.311 e. The average Bonchev–Trinajstić information content (AvgIpc) is 2.47. The van der Waals surface area contributed by atoms with Crippen molar-refractivity contribution in [2.45, 2.75) is 18.9 Å². The van der Waals surface area contributed by atoms with Crippen LogP contribution in [0.15, 0.2) is 12.1 Å². The Morgan fingerprint density at radius 2 is 2.14 bits per heavy atom. The molecule has 1 atom stereocenters. The molecule has 1 aliphatic rings. The highest BCUT2D eigenvalue weighted by molar-refractivity contribution is 6.01. The molecule has 1 fully saturated rings. The van der Waals surface area contributed by atoms with E-state index >= 15 is 0 Å². The molecular formula is C12H15N5O4. The van der Waals surface area contributed by atoms with Crippen LogP contribution in [0.4, 0.5) is 17.3 Å². The van der Waals surface area contributed by atoms with Crippen molar-refractivity contribution in [3.05, 3.63) is 22.2 Å². The van der Waals surface area contributed by atoms with Gasteiger partial charge in [0.2, 0.25) is 11.7 Å². The Morgan fingerprint density at radius 1 is 1.43 bits per heavy atom. The van der Waals surface area contributed by atoms with Gasteiger partial charge in [0.1, 0.15) is 11.9 Å². The Labute approximate surface area is 120 Å². The summed E-state index contributed by atoms with van der Waals surface area (Å²) in [6.07, 6.45) is 0.490. The molecule has 0 radical (unpaired) electrons. The topological polar surface area (TPSA) is 117 Å². The fourth-order valence-electron chi connectivity index (χ4n) is 2.06. The van der Waals surface area contributed by atoms with Gasteiger partial charge in [-0.1, -0.05) is 0 Å². The molecule has 2 amide bonds. The Kier molecular flexibility index (Phi) is 4.01. The van der Waals surface area contributed by atoms with Crippen molar-refractivity contribution in [3.8, 4) is 0 Å². The van der Waals surface area contributed by atoms with Crippen LogP contribution >= 0.6 is 0 Å². The average molecular weight is 293 g/mol. The third-order valence-corrected chi connectivity index (χ3v) is 3.29. The number of amides is 2. The summed E-state index contributed by atoms with van der Waals surface area (Å²) >= 11 is 0. The van der Waals surface area contributed by atoms with Gasteiger partial charge in [0.25, 0.3) is 5.91 Å². The molecular weight excluding hydrogens is 278 g/mol. The molecule has 9 nitrogen and oxygen atoms in total. The maximum absolute atomic E-state index is 12.0. The number of likely N-dealkylation sites (N-methyl/N-ethyl adjacent to an activating group) is 1. The van der Waals surface area contributed by atoms with Crippen LogP contribution in [0.1, 0.15) is 12.8 Å². The predicted molar refractivity (Wildman–Crippen MR) is 74.9 cm³/mol. The molecule has 21 heavy (non-hydrogen) atoms. The summed E-state index contributed by atoms with van der Waals surface area (Å²) in [6, 6.07) is 2.08. The lowest BCUT2D eigenvalue weighted by molar-refractivity contribution is -0.384. The van der Waals surface area contributed by atoms with E-state index in [0.717, 1.165) is 4.90 Å². The number of hydrogen-bond acceptors (Lipinski definition) is 7. The van der Waals surface area contributed by atoms with Crippen molar-refractivity contribution in [3.63, 3.8) is 0 Å². The van der Waals surface area contributed by atoms with E-state index in [9.17, 15) is 19.7 Å². The van der Waals surface area contributed by atoms with Crippen molar-refractivity contribution in [2.75, 3.05) is 24.7 Å². The SMILES string of the molecule is CNc1ccc([N+](=O)[O-])c(NC2CCC(=O)N(C)C2=O)n1. The third-order valence-electron chi connectivity index (χ3n) is 3.29. The zero-order chi connectivity index (χ0) is 15.6. The van der Waals surface area contributed by atoms with Gasteiger partial charge in [-0.3, -0.25) is 24.6 Å². The first-order valence-corrected chi connectivity index (χ1v) is 6.34. The molecule has 1 saturated heterocycles. The second kappa shape index (κ2) is 5.73. The largest absolute Gasteiger partial charge is 0.373 e. The van der Waals surface area contributed by atoms with Gasteiger partial charge in [-0.05, 0) is 12.5 Å². The normalized spacial score (nSPS) is 18.6. The molecule has 0 bridgehead atoms. The molecule has 1 unspecified atom stereocenters. The van der Waals surface area contributed by atoms with E-state index in [2.05, 4.69) is 15.6 Å². The maximum atomic E-state index is 12.0. The van der Waals surface area contributed by atoms with Crippen LogP contribution in [0.2, 0.25) is 0 Å². The summed E-state index contributed by atoms with van der Waals surface area (Å²) in [6.45, 7) is 0. The zero-order valence-electron chi connectivity index (χ0n) is 11.6. The molecule has 1 aliphatic heterocycles. The Balaban J connectivity index is 2.28. The minimum Gasteiger partial charge on any atom is -0.373 e. The van der Waals surface area contributed by atoms with Gasteiger partial charge < -0.3 is 10.6 Å². The number of nitrogens with zero attached hydrogens (tertiary/aromatic N) is 3. The number of carbonyl (C=O) groups excluding carboxylic acids is 2. The smallest absolute Gasteiger partial charge is 0.311 e. The minimum atomic E-state index is -0.703. The first kappa shape index (κ1) is 14.7. The number of anilines is 2. The van der Waals surface area contributed by atoms with Crippen LogP contribution in [0.3, 0.4) is 0 Å². The molecule has 9 heteroatoms. The van der Waals surface area contributed by atoms with Crippen molar-refractivity contribution < 1.29 is 14.5 Å². The van der Waals surface area contributed by atoms with Gasteiger partial charge in [-0.15, -0.1) is 0 Å². The van der Waals surface area contributed by atoms with E-state index in [-0.39, 0.29) is 30.3 Å². The lowest BCUT2D eigenvalue weighted by Gasteiger charge is -2.28. The van der Waals surface area contributed by atoms with Crippen molar-refractivity contribution in [1.29, 1.82) is 0 Å². The summed E-state index contributed by atoms with van der Waals surface area (Å²) in [5.41, 5.74) is -0.221. The number of likely N-dealkylation sites (tertiary alicyclic amines) is 1. The van der Waals surface area contributed by atoms with Crippen LogP contribution in [-0.4, -0.2) is 46.8 Å². The van der Waals surface area contributed by atoms with Crippen molar-refractivity contribution >= 4 is 29.1 Å². The van der Waals surface area contributed by atoms with Crippen LogP contribution < -0.4 is 10.6 Å². The summed E-state index contributed by atoms with van der Waals surface area (Å²) in [5.74, 6) is -0.231. The number of pyridine rings is 1. The molecule has 2 heterocycles. The summed E-state index contributed by atoms with van der Waals surface area (Å²) in [7, 11) is 3.03. The highest BCUT2D eigenvalue weighted by Gasteiger charge is 2.33. The van der Waals surface area contributed by atoms with Gasteiger partial charge in [0.05, 0.1) is 4.92 Å². The first-order chi connectivity index (χ1) is 9.93. The van der Waals surface area contributed by atoms with E-state index in [1.807, 2.05) is 0 Å². The van der Waals surface area contributed by atoms with Gasteiger partial charge in [-0.2, -0.15) is 0 Å². The summed E-state index contributed by atoms with van der Waals surface area (Å²) < 4.78 is 0. The lowest BCUT2D eigenvalue weighted by Crippen LogP contribution is -2.48. The van der Waals surface area contributed by atoms with Crippen molar-refractivity contribution in [1.82, 2.24) is 9.88 Å². The third kappa shape index (κ3) is 2.91. The van der Waals surface area contributed by atoms with E-state index in [4.69, 9.17) is 0 Å². The van der Waals surface area contributed by atoms with Crippen LogP contribution in [-0.2, 0) is 9.59 Å². The highest BCUT2D eigenvalue weighted by atomic mass is 16.6. The molecule has 0 aromatic carbocycles. The molecule has 1 aromatic rings. The standard InChI is InChI=1S/C12H15N5O4/c1-13-9-5-4-8(17(20)21)11(15-9)14-7-3-6-10(18)16(2)12(7)19/h4-5,7H,3,6H2,1-2H3,(H2,13,14,15). The van der Waals surface area contributed by atoms with Gasteiger partial charge in [0, 0.05) is 26.6 Å². The highest BCUT2D eigenvalue weighted by Crippen LogP contribution is 2.26.